The molecular weight excluding hydrogens is 226 g/mol. The predicted molar refractivity (Wildman–Crippen MR) is 71.8 cm³/mol. The third-order valence-corrected chi connectivity index (χ3v) is 3.62. The van der Waals surface area contributed by atoms with Crippen molar-refractivity contribution in [3.63, 3.8) is 0 Å². The summed E-state index contributed by atoms with van der Waals surface area (Å²) in [6.45, 7) is 0. The minimum Gasteiger partial charge on any atom is -0.244 e. The number of hydrogen-bond acceptors (Lipinski definition) is 2. The first-order valence-corrected chi connectivity index (χ1v) is 6.23. The van der Waals surface area contributed by atoms with Gasteiger partial charge in [-0.3, -0.25) is 0 Å². The fourth-order valence-corrected chi connectivity index (χ4v) is 2.60. The molecule has 2 heteroatoms. The van der Waals surface area contributed by atoms with Crippen LogP contribution in [0.15, 0.2) is 60.8 Å². The van der Waals surface area contributed by atoms with E-state index in [-0.39, 0.29) is 0 Å². The smallest absolute Gasteiger partial charge is 0.123 e. The molecule has 0 aliphatic heterocycles. The molecule has 0 aliphatic rings. The van der Waals surface area contributed by atoms with Crippen LogP contribution >= 0.6 is 11.3 Å². The van der Waals surface area contributed by atoms with Crippen LogP contribution in [0.25, 0.3) is 21.0 Å². The van der Waals surface area contributed by atoms with Gasteiger partial charge in [-0.25, -0.2) is 4.98 Å². The summed E-state index contributed by atoms with van der Waals surface area (Å²) in [6.07, 6.45) is 1.93. The van der Waals surface area contributed by atoms with Crippen molar-refractivity contribution in [3.8, 4) is 21.0 Å². The highest BCUT2D eigenvalue weighted by Crippen LogP contribution is 2.31. The van der Waals surface area contributed by atoms with Gasteiger partial charge in [0, 0.05) is 11.8 Å². The lowest BCUT2D eigenvalue weighted by molar-refractivity contribution is 1.41. The fourth-order valence-electron chi connectivity index (χ4n) is 1.67. The molecule has 3 rings (SSSR count). The largest absolute Gasteiger partial charge is 0.244 e. The van der Waals surface area contributed by atoms with E-state index < -0.39 is 0 Å². The highest BCUT2D eigenvalue weighted by molar-refractivity contribution is 7.18. The molecule has 1 heterocycles. The van der Waals surface area contributed by atoms with Crippen molar-refractivity contribution in [2.24, 2.45) is 0 Å². The van der Waals surface area contributed by atoms with E-state index in [1.807, 2.05) is 36.5 Å². The number of thiazole rings is 1. The van der Waals surface area contributed by atoms with Crippen molar-refractivity contribution >= 4 is 11.3 Å². The van der Waals surface area contributed by atoms with E-state index in [1.54, 1.807) is 11.3 Å². The molecule has 0 amide bonds. The number of aromatic nitrogens is 1. The minimum absolute atomic E-state index is 1.06. The number of hydrogen-bond donors (Lipinski definition) is 0. The first-order valence-electron chi connectivity index (χ1n) is 5.41. The van der Waals surface area contributed by atoms with Gasteiger partial charge in [0.25, 0.3) is 0 Å². The maximum atomic E-state index is 4.47. The molecule has 0 N–H and O–H groups in total. The minimum atomic E-state index is 1.06. The molecule has 1 aromatic heterocycles. The lowest BCUT2D eigenvalue weighted by atomic mass is 10.2. The molecule has 0 aliphatic carbocycles. The van der Waals surface area contributed by atoms with Crippen LogP contribution in [0.4, 0.5) is 0 Å². The molecule has 0 bridgehead atoms. The van der Waals surface area contributed by atoms with E-state index in [1.165, 1.54) is 16.0 Å². The zero-order valence-electron chi connectivity index (χ0n) is 9.13. The Morgan fingerprint density at radius 1 is 0.882 bits per heavy atom. The molecule has 2 aromatic carbocycles. The second-order valence-corrected chi connectivity index (χ2v) is 4.72. The molecular formula is C15H10NS. The van der Waals surface area contributed by atoms with Crippen LogP contribution in [0.3, 0.4) is 0 Å². The van der Waals surface area contributed by atoms with Crippen LogP contribution in [-0.2, 0) is 0 Å². The molecule has 0 spiro atoms. The molecule has 17 heavy (non-hydrogen) atoms. The fraction of sp³-hybridized carbons (Fsp3) is 0. The third-order valence-electron chi connectivity index (χ3n) is 2.53. The van der Waals surface area contributed by atoms with Crippen molar-refractivity contribution < 1.29 is 0 Å². The lowest BCUT2D eigenvalue weighted by Crippen LogP contribution is -1.71. The SMILES string of the molecule is [c]1ccc(-c2cnc(-c3ccccc3)s2)cc1. The van der Waals surface area contributed by atoms with E-state index in [4.69, 9.17) is 0 Å². The highest BCUT2D eigenvalue weighted by atomic mass is 32.1. The van der Waals surface area contributed by atoms with Crippen molar-refractivity contribution in [3.05, 3.63) is 66.9 Å². The average Bonchev–Trinajstić information content (AvgIpc) is 2.90. The predicted octanol–water partition coefficient (Wildman–Crippen LogP) is 4.28. The summed E-state index contributed by atoms with van der Waals surface area (Å²) >= 11 is 1.71. The van der Waals surface area contributed by atoms with E-state index in [0.29, 0.717) is 0 Å². The standard InChI is InChI=1S/C15H10NS/c1-3-7-12(8-4-1)14-11-16-15(17-14)13-9-5-2-6-10-13/h2-11H. The lowest BCUT2D eigenvalue weighted by Gasteiger charge is -1.94. The van der Waals surface area contributed by atoms with Gasteiger partial charge in [0.2, 0.25) is 0 Å². The third kappa shape index (κ3) is 2.12. The summed E-state index contributed by atoms with van der Waals surface area (Å²) < 4.78 is 0. The van der Waals surface area contributed by atoms with E-state index >= 15 is 0 Å². The molecule has 81 valence electrons. The first-order chi connectivity index (χ1) is 8.43. The Balaban J connectivity index is 1.99. The maximum absolute atomic E-state index is 4.47. The molecule has 0 saturated heterocycles. The number of benzene rings is 2. The number of rotatable bonds is 2. The van der Waals surface area contributed by atoms with Gasteiger partial charge < -0.3 is 0 Å². The molecule has 0 atom stereocenters. The number of nitrogens with zero attached hydrogens (tertiary/aromatic N) is 1. The van der Waals surface area contributed by atoms with E-state index in [2.05, 4.69) is 35.3 Å². The van der Waals surface area contributed by atoms with Gasteiger partial charge >= 0.3 is 0 Å². The van der Waals surface area contributed by atoms with Crippen LogP contribution in [-0.4, -0.2) is 4.98 Å². The van der Waals surface area contributed by atoms with Crippen molar-refractivity contribution in [1.82, 2.24) is 4.98 Å². The van der Waals surface area contributed by atoms with E-state index in [9.17, 15) is 0 Å². The Labute approximate surface area is 104 Å². The van der Waals surface area contributed by atoms with Gasteiger partial charge in [0.15, 0.2) is 0 Å². The Bertz CT molecular complexity index is 545. The van der Waals surface area contributed by atoms with Gasteiger partial charge in [-0.05, 0) is 11.6 Å². The summed E-state index contributed by atoms with van der Waals surface area (Å²) in [5.41, 5.74) is 2.37. The van der Waals surface area contributed by atoms with Crippen molar-refractivity contribution in [2.45, 2.75) is 0 Å². The van der Waals surface area contributed by atoms with Crippen molar-refractivity contribution in [1.29, 1.82) is 0 Å². The van der Waals surface area contributed by atoms with Gasteiger partial charge in [0.05, 0.1) is 4.88 Å². The molecule has 3 aromatic rings. The Hall–Kier alpha value is -1.93. The molecule has 1 radical (unpaired) electrons. The molecule has 0 saturated carbocycles. The van der Waals surface area contributed by atoms with Gasteiger partial charge in [0.1, 0.15) is 5.01 Å². The maximum Gasteiger partial charge on any atom is 0.123 e. The van der Waals surface area contributed by atoms with Gasteiger partial charge in [-0.2, -0.15) is 0 Å². The zero-order chi connectivity index (χ0) is 11.5. The molecule has 0 fully saturated rings. The highest BCUT2D eigenvalue weighted by Gasteiger charge is 2.05. The second kappa shape index (κ2) is 4.52. The van der Waals surface area contributed by atoms with Crippen LogP contribution in [0.2, 0.25) is 0 Å². The quantitative estimate of drug-likeness (QED) is 0.647. The Morgan fingerprint density at radius 2 is 1.65 bits per heavy atom. The average molecular weight is 236 g/mol. The zero-order valence-corrected chi connectivity index (χ0v) is 9.95. The van der Waals surface area contributed by atoms with Gasteiger partial charge in [-0.15, -0.1) is 11.3 Å². The van der Waals surface area contributed by atoms with Crippen LogP contribution in [0.1, 0.15) is 0 Å². The topological polar surface area (TPSA) is 12.9 Å². The summed E-state index contributed by atoms with van der Waals surface area (Å²) in [4.78, 5) is 5.66. The van der Waals surface area contributed by atoms with Crippen molar-refractivity contribution in [2.75, 3.05) is 0 Å². The summed E-state index contributed by atoms with van der Waals surface area (Å²) in [5.74, 6) is 0. The van der Waals surface area contributed by atoms with Gasteiger partial charge in [-0.1, -0.05) is 54.6 Å². The first kappa shape index (κ1) is 10.2. The van der Waals surface area contributed by atoms with E-state index in [0.717, 1.165) is 5.01 Å². The summed E-state index contributed by atoms with van der Waals surface area (Å²) in [6, 6.07) is 21.3. The summed E-state index contributed by atoms with van der Waals surface area (Å²) in [7, 11) is 0. The van der Waals surface area contributed by atoms with Crippen LogP contribution < -0.4 is 0 Å². The molecule has 0 unspecified atom stereocenters. The monoisotopic (exact) mass is 236 g/mol. The Kier molecular flexibility index (Phi) is 2.72. The van der Waals surface area contributed by atoms with Crippen LogP contribution in [0, 0.1) is 6.07 Å². The second-order valence-electron chi connectivity index (χ2n) is 3.68. The normalized spacial score (nSPS) is 10.4. The Morgan fingerprint density at radius 3 is 2.41 bits per heavy atom. The van der Waals surface area contributed by atoms with Crippen LogP contribution in [0.5, 0.6) is 0 Å². The summed E-state index contributed by atoms with van der Waals surface area (Å²) in [5, 5.41) is 1.06. The molecule has 1 nitrogen and oxygen atoms in total.